The number of furan rings is 1. The molecule has 2 heteroatoms. The Bertz CT molecular complexity index is 729. The van der Waals surface area contributed by atoms with Gasteiger partial charge in [0, 0.05) is 24.0 Å². The Kier molecular flexibility index (Phi) is 3.81. The maximum atomic E-state index is 5.76. The first kappa shape index (κ1) is 15.0. The number of piperidine rings is 1. The normalized spacial score (nSPS) is 28.6. The van der Waals surface area contributed by atoms with E-state index in [0.29, 0.717) is 12.1 Å². The summed E-state index contributed by atoms with van der Waals surface area (Å²) >= 11 is 0. The molecule has 1 aromatic carbocycles. The van der Waals surface area contributed by atoms with E-state index in [1.807, 2.05) is 6.26 Å². The van der Waals surface area contributed by atoms with E-state index in [2.05, 4.69) is 56.0 Å². The molecule has 4 atom stereocenters. The first-order valence-electron chi connectivity index (χ1n) is 9.06. The summed E-state index contributed by atoms with van der Waals surface area (Å²) < 4.78 is 5.76. The molecule has 1 fully saturated rings. The van der Waals surface area contributed by atoms with Crippen LogP contribution >= 0.6 is 0 Å². The quantitative estimate of drug-likeness (QED) is 0.742. The molecule has 122 valence electrons. The number of nitrogens with zero attached hydrogens (tertiary/aromatic N) is 1. The first-order chi connectivity index (χ1) is 11.2. The molecule has 0 saturated carbocycles. The van der Waals surface area contributed by atoms with E-state index < -0.39 is 0 Å². The standard InChI is InChI=1S/C21H27NO/c1-4-17-11-16-6-7-20(17)22(12-16)15(3)10-18-13-23-21-8-5-14(2)9-19(18)21/h5-9,13,15-17,20H,4,10-12H2,1-3H3/t15-,16?,17?,20?/m0/s1. The summed E-state index contributed by atoms with van der Waals surface area (Å²) in [6.07, 6.45) is 10.6. The van der Waals surface area contributed by atoms with Crippen LogP contribution < -0.4 is 0 Å². The summed E-state index contributed by atoms with van der Waals surface area (Å²) in [5.41, 5.74) is 3.68. The second-order valence-electron chi connectivity index (χ2n) is 7.55. The molecule has 5 rings (SSSR count). The lowest BCUT2D eigenvalue weighted by molar-refractivity contribution is 0.0490. The second kappa shape index (κ2) is 5.83. The monoisotopic (exact) mass is 309 g/mol. The van der Waals surface area contributed by atoms with E-state index in [-0.39, 0.29) is 0 Å². The minimum Gasteiger partial charge on any atom is -0.464 e. The first-order valence-corrected chi connectivity index (χ1v) is 9.06. The van der Waals surface area contributed by atoms with Crippen LogP contribution in [0.25, 0.3) is 11.0 Å². The molecule has 2 nitrogen and oxygen atoms in total. The van der Waals surface area contributed by atoms with Crippen molar-refractivity contribution >= 4 is 11.0 Å². The SMILES string of the molecule is CCC1CC2C=CC1N([C@@H](C)Cc1coc3ccc(C)cc13)C2. The van der Waals surface area contributed by atoms with Crippen molar-refractivity contribution in [3.63, 3.8) is 0 Å². The van der Waals surface area contributed by atoms with Gasteiger partial charge in [-0.15, -0.1) is 0 Å². The van der Waals surface area contributed by atoms with Crippen LogP contribution in [-0.2, 0) is 6.42 Å². The van der Waals surface area contributed by atoms with Crippen molar-refractivity contribution in [1.82, 2.24) is 4.90 Å². The van der Waals surface area contributed by atoms with E-state index in [1.165, 1.54) is 35.9 Å². The second-order valence-corrected chi connectivity index (χ2v) is 7.55. The summed E-state index contributed by atoms with van der Waals surface area (Å²) in [7, 11) is 0. The van der Waals surface area contributed by atoms with Crippen LogP contribution in [0.2, 0.25) is 0 Å². The van der Waals surface area contributed by atoms with Gasteiger partial charge in [-0.05, 0) is 56.2 Å². The molecule has 0 amide bonds. The third-order valence-corrected chi connectivity index (χ3v) is 5.91. The molecule has 23 heavy (non-hydrogen) atoms. The van der Waals surface area contributed by atoms with Gasteiger partial charge in [0.05, 0.1) is 6.26 Å². The molecular weight excluding hydrogens is 282 g/mol. The molecular formula is C21H27NO. The Morgan fingerprint density at radius 3 is 2.96 bits per heavy atom. The van der Waals surface area contributed by atoms with Gasteiger partial charge in [-0.1, -0.05) is 37.1 Å². The molecule has 1 saturated heterocycles. The Morgan fingerprint density at radius 2 is 2.17 bits per heavy atom. The molecule has 2 aromatic rings. The molecule has 1 aromatic heterocycles. The molecule has 0 N–H and O–H groups in total. The summed E-state index contributed by atoms with van der Waals surface area (Å²) in [5.74, 6) is 1.60. The fourth-order valence-electron chi connectivity index (χ4n) is 4.62. The molecule has 2 bridgehead atoms. The average Bonchev–Trinajstić information content (AvgIpc) is 2.97. The van der Waals surface area contributed by atoms with Gasteiger partial charge in [0.1, 0.15) is 5.58 Å². The zero-order chi connectivity index (χ0) is 16.0. The van der Waals surface area contributed by atoms with E-state index in [9.17, 15) is 0 Å². The van der Waals surface area contributed by atoms with Crippen molar-refractivity contribution in [2.24, 2.45) is 11.8 Å². The average molecular weight is 309 g/mol. The van der Waals surface area contributed by atoms with Crippen LogP contribution in [0.3, 0.4) is 0 Å². The van der Waals surface area contributed by atoms with Gasteiger partial charge >= 0.3 is 0 Å². The van der Waals surface area contributed by atoms with Gasteiger partial charge in [-0.25, -0.2) is 0 Å². The topological polar surface area (TPSA) is 16.4 Å². The Balaban J connectivity index is 1.56. The third kappa shape index (κ3) is 2.63. The number of rotatable bonds is 4. The zero-order valence-corrected chi connectivity index (χ0v) is 14.5. The van der Waals surface area contributed by atoms with Gasteiger partial charge in [0.25, 0.3) is 0 Å². The lowest BCUT2D eigenvalue weighted by atomic mass is 9.75. The summed E-state index contributed by atoms with van der Waals surface area (Å²) in [4.78, 5) is 2.73. The van der Waals surface area contributed by atoms with Crippen molar-refractivity contribution in [3.05, 3.63) is 47.7 Å². The lowest BCUT2D eigenvalue weighted by Gasteiger charge is -2.49. The smallest absolute Gasteiger partial charge is 0.134 e. The highest BCUT2D eigenvalue weighted by atomic mass is 16.3. The number of hydrogen-bond acceptors (Lipinski definition) is 2. The van der Waals surface area contributed by atoms with Crippen LogP contribution in [0, 0.1) is 18.8 Å². The molecule has 3 unspecified atom stereocenters. The van der Waals surface area contributed by atoms with Crippen molar-refractivity contribution < 1.29 is 4.42 Å². The van der Waals surface area contributed by atoms with Crippen LogP contribution in [0.4, 0.5) is 0 Å². The maximum Gasteiger partial charge on any atom is 0.134 e. The summed E-state index contributed by atoms with van der Waals surface area (Å²) in [6, 6.07) is 7.68. The van der Waals surface area contributed by atoms with Crippen LogP contribution in [-0.4, -0.2) is 23.5 Å². The van der Waals surface area contributed by atoms with Gasteiger partial charge in [0.2, 0.25) is 0 Å². The number of benzene rings is 1. The highest BCUT2D eigenvalue weighted by Crippen LogP contribution is 2.38. The molecule has 2 aliphatic heterocycles. The van der Waals surface area contributed by atoms with Gasteiger partial charge in [-0.2, -0.15) is 0 Å². The van der Waals surface area contributed by atoms with Gasteiger partial charge < -0.3 is 4.42 Å². The Hall–Kier alpha value is -1.54. The van der Waals surface area contributed by atoms with Crippen LogP contribution in [0.15, 0.2) is 41.0 Å². The largest absolute Gasteiger partial charge is 0.464 e. The molecule has 3 aliphatic rings. The highest BCUT2D eigenvalue weighted by Gasteiger charge is 2.38. The van der Waals surface area contributed by atoms with Crippen LogP contribution in [0.1, 0.15) is 37.8 Å². The molecule has 3 heterocycles. The van der Waals surface area contributed by atoms with E-state index in [1.54, 1.807) is 0 Å². The highest BCUT2D eigenvalue weighted by molar-refractivity contribution is 5.81. The minimum atomic E-state index is 0.558. The number of fused-ring (bicyclic) bond motifs is 3. The van der Waals surface area contributed by atoms with Crippen molar-refractivity contribution in [2.45, 2.75) is 52.1 Å². The molecule has 0 spiro atoms. The minimum absolute atomic E-state index is 0.558. The van der Waals surface area contributed by atoms with Crippen molar-refractivity contribution in [2.75, 3.05) is 6.54 Å². The fourth-order valence-corrected chi connectivity index (χ4v) is 4.62. The predicted octanol–water partition coefficient (Wildman–Crippen LogP) is 4.96. The number of aryl methyl sites for hydroxylation is 1. The third-order valence-electron chi connectivity index (χ3n) is 5.91. The fraction of sp³-hybridized carbons (Fsp3) is 0.524. The van der Waals surface area contributed by atoms with E-state index in [4.69, 9.17) is 4.42 Å². The van der Waals surface area contributed by atoms with Crippen molar-refractivity contribution in [1.29, 1.82) is 0 Å². The van der Waals surface area contributed by atoms with E-state index in [0.717, 1.165) is 23.8 Å². The predicted molar refractivity (Wildman–Crippen MR) is 95.6 cm³/mol. The maximum absolute atomic E-state index is 5.76. The van der Waals surface area contributed by atoms with Gasteiger partial charge in [-0.3, -0.25) is 4.90 Å². The Morgan fingerprint density at radius 1 is 1.30 bits per heavy atom. The lowest BCUT2D eigenvalue weighted by Crippen LogP contribution is -2.54. The Labute approximate surface area is 139 Å². The summed E-state index contributed by atoms with van der Waals surface area (Å²) in [5, 5.41) is 1.29. The van der Waals surface area contributed by atoms with E-state index >= 15 is 0 Å². The molecule has 1 aliphatic carbocycles. The van der Waals surface area contributed by atoms with Crippen molar-refractivity contribution in [3.8, 4) is 0 Å². The van der Waals surface area contributed by atoms with Gasteiger partial charge in [0.15, 0.2) is 0 Å². The number of hydrogen-bond donors (Lipinski definition) is 0. The summed E-state index contributed by atoms with van der Waals surface area (Å²) in [6.45, 7) is 8.11. The zero-order valence-electron chi connectivity index (χ0n) is 14.5. The van der Waals surface area contributed by atoms with Crippen LogP contribution in [0.5, 0.6) is 0 Å². The molecule has 0 radical (unpaired) electrons.